The van der Waals surface area contributed by atoms with Gasteiger partial charge in [-0.2, -0.15) is 13.2 Å². The lowest BCUT2D eigenvalue weighted by atomic mass is 9.99. The molecule has 1 aromatic rings. The minimum Gasteiger partial charge on any atom is -0.345 e. The highest BCUT2D eigenvalue weighted by Crippen LogP contribution is 2.20. The fourth-order valence-electron chi connectivity index (χ4n) is 2.48. The third kappa shape index (κ3) is 7.25. The SMILES string of the molecule is CC(=O)N[C@@H](CC(C)C)C(=O)N[C@@H](Cc1ccccc1)C(=O)C(F)(F)F. The molecule has 0 saturated carbocycles. The van der Waals surface area contributed by atoms with Crippen LogP contribution in [-0.4, -0.2) is 35.9 Å². The molecule has 2 N–H and O–H groups in total. The molecule has 0 fully saturated rings. The van der Waals surface area contributed by atoms with Crippen LogP contribution in [0.15, 0.2) is 30.3 Å². The third-order valence-corrected chi connectivity index (χ3v) is 3.60. The first-order chi connectivity index (χ1) is 12.0. The highest BCUT2D eigenvalue weighted by molar-refractivity contribution is 5.95. The second kappa shape index (κ2) is 9.35. The molecule has 0 bridgehead atoms. The lowest BCUT2D eigenvalue weighted by Gasteiger charge is -2.24. The molecule has 1 rings (SSSR count). The molecule has 0 saturated heterocycles. The molecule has 0 heterocycles. The van der Waals surface area contributed by atoms with Crippen LogP contribution in [0.3, 0.4) is 0 Å². The maximum absolute atomic E-state index is 12.9. The standard InChI is InChI=1S/C18H23F3N2O3/c1-11(2)9-15(22-12(3)24)17(26)23-14(16(25)18(19,20)21)10-13-7-5-4-6-8-13/h4-8,11,14-15H,9-10H2,1-3H3,(H,22,24)(H,23,26)/t14-,15-/m0/s1. The van der Waals surface area contributed by atoms with Gasteiger partial charge in [-0.1, -0.05) is 44.2 Å². The van der Waals surface area contributed by atoms with Crippen molar-refractivity contribution in [3.05, 3.63) is 35.9 Å². The lowest BCUT2D eigenvalue weighted by molar-refractivity contribution is -0.173. The van der Waals surface area contributed by atoms with E-state index < -0.39 is 35.9 Å². The van der Waals surface area contributed by atoms with Gasteiger partial charge >= 0.3 is 6.18 Å². The van der Waals surface area contributed by atoms with Crippen molar-refractivity contribution in [2.75, 3.05) is 0 Å². The van der Waals surface area contributed by atoms with Crippen molar-refractivity contribution in [2.24, 2.45) is 5.92 Å². The number of ketones is 1. The van der Waals surface area contributed by atoms with E-state index in [0.29, 0.717) is 5.56 Å². The van der Waals surface area contributed by atoms with E-state index in [2.05, 4.69) is 10.6 Å². The molecule has 0 radical (unpaired) electrons. The molecule has 26 heavy (non-hydrogen) atoms. The van der Waals surface area contributed by atoms with Crippen LogP contribution < -0.4 is 10.6 Å². The summed E-state index contributed by atoms with van der Waals surface area (Å²) in [5.74, 6) is -3.30. The summed E-state index contributed by atoms with van der Waals surface area (Å²) in [6.07, 6.45) is -5.13. The Hall–Kier alpha value is -2.38. The number of carbonyl (C=O) groups excluding carboxylic acids is 3. The first-order valence-electron chi connectivity index (χ1n) is 8.23. The van der Waals surface area contributed by atoms with E-state index in [1.807, 2.05) is 13.8 Å². The number of Topliss-reactive ketones (excluding diaryl/α,β-unsaturated/α-hetero) is 1. The lowest BCUT2D eigenvalue weighted by Crippen LogP contribution is -2.54. The van der Waals surface area contributed by atoms with Gasteiger partial charge in [0, 0.05) is 13.3 Å². The maximum atomic E-state index is 12.9. The topological polar surface area (TPSA) is 75.3 Å². The Bertz CT molecular complexity index is 630. The van der Waals surface area contributed by atoms with Crippen LogP contribution in [0.25, 0.3) is 0 Å². The summed E-state index contributed by atoms with van der Waals surface area (Å²) >= 11 is 0. The van der Waals surface area contributed by atoms with Crippen LogP contribution in [0.5, 0.6) is 0 Å². The average molecular weight is 372 g/mol. The number of rotatable bonds is 8. The van der Waals surface area contributed by atoms with E-state index in [-0.39, 0.29) is 18.8 Å². The van der Waals surface area contributed by atoms with E-state index >= 15 is 0 Å². The minimum atomic E-state index is -5.08. The quantitative estimate of drug-likeness (QED) is 0.736. The van der Waals surface area contributed by atoms with Gasteiger partial charge in [0.05, 0.1) is 0 Å². The highest BCUT2D eigenvalue weighted by Gasteiger charge is 2.44. The Morgan fingerprint density at radius 1 is 1.00 bits per heavy atom. The van der Waals surface area contributed by atoms with Crippen molar-refractivity contribution in [2.45, 2.75) is 51.9 Å². The van der Waals surface area contributed by atoms with E-state index in [4.69, 9.17) is 0 Å². The largest absolute Gasteiger partial charge is 0.452 e. The van der Waals surface area contributed by atoms with Crippen LogP contribution in [0.2, 0.25) is 0 Å². The monoisotopic (exact) mass is 372 g/mol. The van der Waals surface area contributed by atoms with Gasteiger partial charge in [-0.3, -0.25) is 14.4 Å². The molecule has 8 heteroatoms. The molecule has 1 aromatic carbocycles. The van der Waals surface area contributed by atoms with Gasteiger partial charge in [-0.15, -0.1) is 0 Å². The van der Waals surface area contributed by atoms with Crippen LogP contribution in [-0.2, 0) is 20.8 Å². The number of hydrogen-bond donors (Lipinski definition) is 2. The summed E-state index contributed by atoms with van der Waals surface area (Å²) in [5.41, 5.74) is 0.482. The number of amides is 2. The molecule has 0 aromatic heterocycles. The van der Waals surface area contributed by atoms with Crippen molar-refractivity contribution in [3.8, 4) is 0 Å². The van der Waals surface area contributed by atoms with E-state index in [9.17, 15) is 27.6 Å². The molecule has 144 valence electrons. The molecule has 2 atom stereocenters. The molecular weight excluding hydrogens is 349 g/mol. The molecule has 5 nitrogen and oxygen atoms in total. The maximum Gasteiger partial charge on any atom is 0.452 e. The average Bonchev–Trinajstić information content (AvgIpc) is 2.52. The highest BCUT2D eigenvalue weighted by atomic mass is 19.4. The van der Waals surface area contributed by atoms with Crippen molar-refractivity contribution >= 4 is 17.6 Å². The molecule has 0 spiro atoms. The predicted octanol–water partition coefficient (Wildman–Crippen LogP) is 2.40. The normalized spacial score (nSPS) is 13.8. The van der Waals surface area contributed by atoms with Gasteiger partial charge in [0.25, 0.3) is 5.78 Å². The first-order valence-corrected chi connectivity index (χ1v) is 8.23. The summed E-state index contributed by atoms with van der Waals surface area (Å²) in [6, 6.07) is 5.33. The van der Waals surface area contributed by atoms with E-state index in [0.717, 1.165) is 0 Å². The van der Waals surface area contributed by atoms with Gasteiger partial charge in [0.1, 0.15) is 12.1 Å². The predicted molar refractivity (Wildman–Crippen MR) is 90.2 cm³/mol. The second-order valence-electron chi connectivity index (χ2n) is 6.50. The van der Waals surface area contributed by atoms with Gasteiger partial charge in [-0.25, -0.2) is 0 Å². The fraction of sp³-hybridized carbons (Fsp3) is 0.500. The van der Waals surface area contributed by atoms with Crippen LogP contribution >= 0.6 is 0 Å². The van der Waals surface area contributed by atoms with Crippen molar-refractivity contribution < 1.29 is 27.6 Å². The number of carbonyl (C=O) groups is 3. The summed E-state index contributed by atoms with van der Waals surface area (Å²) in [4.78, 5) is 35.4. The van der Waals surface area contributed by atoms with Crippen molar-refractivity contribution in [3.63, 3.8) is 0 Å². The Balaban J connectivity index is 3.00. The Morgan fingerprint density at radius 3 is 2.04 bits per heavy atom. The van der Waals surface area contributed by atoms with Gasteiger partial charge < -0.3 is 10.6 Å². The van der Waals surface area contributed by atoms with Gasteiger partial charge in [0.15, 0.2) is 0 Å². The Kier molecular flexibility index (Phi) is 7.79. The molecule has 0 unspecified atom stereocenters. The molecule has 0 aliphatic heterocycles. The van der Waals surface area contributed by atoms with Crippen LogP contribution in [0.4, 0.5) is 13.2 Å². The summed E-state index contributed by atoms with van der Waals surface area (Å²) in [7, 11) is 0. The van der Waals surface area contributed by atoms with Crippen LogP contribution in [0, 0.1) is 5.92 Å². The molecule has 0 aliphatic rings. The summed E-state index contributed by atoms with van der Waals surface area (Å²) in [6.45, 7) is 4.83. The van der Waals surface area contributed by atoms with E-state index in [1.54, 1.807) is 30.3 Å². The number of halogens is 3. The minimum absolute atomic E-state index is 0.0171. The smallest absolute Gasteiger partial charge is 0.345 e. The number of nitrogens with one attached hydrogen (secondary N) is 2. The Labute approximate surface area is 150 Å². The summed E-state index contributed by atoms with van der Waals surface area (Å²) < 4.78 is 38.7. The van der Waals surface area contributed by atoms with Gasteiger partial charge in [-0.05, 0) is 17.9 Å². The summed E-state index contributed by atoms with van der Waals surface area (Å²) in [5, 5.41) is 4.57. The molecular formula is C18H23F3N2O3. The van der Waals surface area contributed by atoms with Gasteiger partial charge in [0.2, 0.25) is 11.8 Å². The van der Waals surface area contributed by atoms with Crippen molar-refractivity contribution in [1.29, 1.82) is 0 Å². The second-order valence-corrected chi connectivity index (χ2v) is 6.50. The zero-order valence-corrected chi connectivity index (χ0v) is 14.9. The molecule has 0 aliphatic carbocycles. The zero-order chi connectivity index (χ0) is 19.9. The van der Waals surface area contributed by atoms with E-state index in [1.165, 1.54) is 6.92 Å². The zero-order valence-electron chi connectivity index (χ0n) is 14.9. The fourth-order valence-corrected chi connectivity index (χ4v) is 2.48. The third-order valence-electron chi connectivity index (χ3n) is 3.60. The Morgan fingerprint density at radius 2 is 1.58 bits per heavy atom. The van der Waals surface area contributed by atoms with Crippen LogP contribution in [0.1, 0.15) is 32.8 Å². The molecule has 2 amide bonds. The van der Waals surface area contributed by atoms with Crippen molar-refractivity contribution in [1.82, 2.24) is 10.6 Å². The first kappa shape index (κ1) is 21.7. The number of hydrogen-bond acceptors (Lipinski definition) is 3. The number of benzene rings is 1. The number of alkyl halides is 3.